The number of carbonyl (C=O) groups excluding carboxylic acids is 1. The Kier molecular flexibility index (Phi) is 4.29. The highest BCUT2D eigenvalue weighted by molar-refractivity contribution is 5.77. The van der Waals surface area contributed by atoms with E-state index in [1.165, 1.54) is 12.7 Å². The molecule has 0 aromatic heterocycles. The normalized spacial score (nSPS) is 13.2. The van der Waals surface area contributed by atoms with E-state index in [4.69, 9.17) is 4.74 Å². The summed E-state index contributed by atoms with van der Waals surface area (Å²) in [5.74, 6) is -0.211. The van der Waals surface area contributed by atoms with Crippen LogP contribution in [-0.4, -0.2) is 20.1 Å². The zero-order valence-electron chi connectivity index (χ0n) is 11.2. The van der Waals surface area contributed by atoms with Crippen molar-refractivity contribution in [1.82, 2.24) is 5.32 Å². The van der Waals surface area contributed by atoms with Crippen molar-refractivity contribution in [2.24, 2.45) is 5.41 Å². The molecule has 1 N–H and O–H groups in total. The number of carbonyl (C=O) groups is 1. The molecule has 0 radical (unpaired) electrons. The molecule has 0 heterocycles. The van der Waals surface area contributed by atoms with Crippen molar-refractivity contribution in [3.05, 3.63) is 35.4 Å². The summed E-state index contributed by atoms with van der Waals surface area (Å²) in [5, 5.41) is 3.19. The van der Waals surface area contributed by atoms with Crippen LogP contribution in [0.2, 0.25) is 0 Å². The van der Waals surface area contributed by atoms with Crippen molar-refractivity contribution in [3.8, 4) is 0 Å². The summed E-state index contributed by atoms with van der Waals surface area (Å²) in [6.45, 7) is 5.82. The van der Waals surface area contributed by atoms with Crippen LogP contribution in [0.4, 0.5) is 0 Å². The smallest absolute Gasteiger partial charge is 0.313 e. The number of nitrogens with one attached hydrogen (secondary N) is 1. The SMILES string of the molecule is CNC(c1ccc(C)cc1)C(C)(C)C(=O)OC. The molecule has 0 fully saturated rings. The van der Waals surface area contributed by atoms with Crippen LogP contribution in [0.25, 0.3) is 0 Å². The van der Waals surface area contributed by atoms with E-state index in [1.807, 2.05) is 52.1 Å². The van der Waals surface area contributed by atoms with Gasteiger partial charge in [0.15, 0.2) is 0 Å². The van der Waals surface area contributed by atoms with Gasteiger partial charge in [-0.2, -0.15) is 0 Å². The summed E-state index contributed by atoms with van der Waals surface area (Å²) in [6, 6.07) is 8.12. The number of hydrogen-bond donors (Lipinski definition) is 1. The standard InChI is InChI=1S/C14H21NO2/c1-10-6-8-11(9-7-10)12(15-4)14(2,3)13(16)17-5/h6-9,12,15H,1-5H3. The maximum absolute atomic E-state index is 11.8. The Morgan fingerprint density at radius 1 is 1.29 bits per heavy atom. The van der Waals surface area contributed by atoms with Crippen LogP contribution in [0.1, 0.15) is 31.0 Å². The van der Waals surface area contributed by atoms with Gasteiger partial charge in [0, 0.05) is 6.04 Å². The van der Waals surface area contributed by atoms with Crippen LogP contribution in [-0.2, 0) is 9.53 Å². The lowest BCUT2D eigenvalue weighted by molar-refractivity contribution is -0.152. The van der Waals surface area contributed by atoms with Gasteiger partial charge in [0.05, 0.1) is 12.5 Å². The second-order valence-electron chi connectivity index (χ2n) is 4.85. The first-order valence-corrected chi connectivity index (χ1v) is 5.75. The molecule has 1 aromatic rings. The summed E-state index contributed by atoms with van der Waals surface area (Å²) in [7, 11) is 3.28. The highest BCUT2D eigenvalue weighted by Gasteiger charge is 2.37. The minimum absolute atomic E-state index is 0.0597. The Morgan fingerprint density at radius 3 is 2.24 bits per heavy atom. The molecule has 0 aliphatic rings. The molecule has 17 heavy (non-hydrogen) atoms. The molecule has 0 saturated carbocycles. The molecular weight excluding hydrogens is 214 g/mol. The van der Waals surface area contributed by atoms with Crippen molar-refractivity contribution in [2.45, 2.75) is 26.8 Å². The summed E-state index contributed by atoms with van der Waals surface area (Å²) in [5.41, 5.74) is 1.70. The third-order valence-electron chi connectivity index (χ3n) is 3.13. The van der Waals surface area contributed by atoms with Gasteiger partial charge in [-0.15, -0.1) is 0 Å². The third-order valence-corrected chi connectivity index (χ3v) is 3.13. The van der Waals surface area contributed by atoms with Gasteiger partial charge >= 0.3 is 5.97 Å². The van der Waals surface area contributed by atoms with Crippen LogP contribution >= 0.6 is 0 Å². The minimum atomic E-state index is -0.598. The van der Waals surface area contributed by atoms with Gasteiger partial charge in [-0.05, 0) is 33.4 Å². The summed E-state index contributed by atoms with van der Waals surface area (Å²) >= 11 is 0. The summed E-state index contributed by atoms with van der Waals surface area (Å²) in [6.07, 6.45) is 0. The zero-order valence-corrected chi connectivity index (χ0v) is 11.2. The largest absolute Gasteiger partial charge is 0.469 e. The minimum Gasteiger partial charge on any atom is -0.469 e. The Hall–Kier alpha value is -1.35. The zero-order chi connectivity index (χ0) is 13.1. The van der Waals surface area contributed by atoms with Gasteiger partial charge in [0.2, 0.25) is 0 Å². The first kappa shape index (κ1) is 13.7. The molecule has 0 aliphatic heterocycles. The van der Waals surface area contributed by atoms with E-state index in [9.17, 15) is 4.79 Å². The second kappa shape index (κ2) is 5.32. The molecule has 0 saturated heterocycles. The van der Waals surface area contributed by atoms with Gasteiger partial charge in [-0.25, -0.2) is 0 Å². The van der Waals surface area contributed by atoms with E-state index in [2.05, 4.69) is 5.32 Å². The molecule has 1 unspecified atom stereocenters. The highest BCUT2D eigenvalue weighted by atomic mass is 16.5. The molecule has 1 rings (SSSR count). The van der Waals surface area contributed by atoms with E-state index in [1.54, 1.807) is 0 Å². The van der Waals surface area contributed by atoms with Crippen LogP contribution < -0.4 is 5.32 Å². The van der Waals surface area contributed by atoms with Gasteiger partial charge in [-0.1, -0.05) is 29.8 Å². The molecule has 1 aromatic carbocycles. The molecule has 0 bridgehead atoms. The van der Waals surface area contributed by atoms with Crippen molar-refractivity contribution < 1.29 is 9.53 Å². The predicted molar refractivity (Wildman–Crippen MR) is 68.8 cm³/mol. The third kappa shape index (κ3) is 2.86. The summed E-state index contributed by atoms with van der Waals surface area (Å²) < 4.78 is 4.86. The van der Waals surface area contributed by atoms with Crippen LogP contribution in [0.5, 0.6) is 0 Å². The first-order chi connectivity index (χ1) is 7.93. The molecule has 94 valence electrons. The fourth-order valence-electron chi connectivity index (χ4n) is 2.08. The number of ether oxygens (including phenoxy) is 1. The van der Waals surface area contributed by atoms with E-state index >= 15 is 0 Å². The Labute approximate surface area is 103 Å². The monoisotopic (exact) mass is 235 g/mol. The second-order valence-corrected chi connectivity index (χ2v) is 4.85. The Balaban J connectivity index is 3.06. The number of benzene rings is 1. The number of methoxy groups -OCH3 is 1. The number of rotatable bonds is 4. The number of hydrogen-bond acceptors (Lipinski definition) is 3. The fraction of sp³-hybridized carbons (Fsp3) is 0.500. The molecule has 3 nitrogen and oxygen atoms in total. The Morgan fingerprint density at radius 2 is 1.82 bits per heavy atom. The average molecular weight is 235 g/mol. The van der Waals surface area contributed by atoms with E-state index in [0.717, 1.165) is 5.56 Å². The van der Waals surface area contributed by atoms with Crippen molar-refractivity contribution in [3.63, 3.8) is 0 Å². The molecule has 0 amide bonds. The maximum Gasteiger partial charge on any atom is 0.313 e. The van der Waals surface area contributed by atoms with E-state index in [-0.39, 0.29) is 12.0 Å². The van der Waals surface area contributed by atoms with Crippen LogP contribution in [0.15, 0.2) is 24.3 Å². The fourth-order valence-corrected chi connectivity index (χ4v) is 2.08. The van der Waals surface area contributed by atoms with Crippen LogP contribution in [0, 0.1) is 12.3 Å². The molecule has 0 spiro atoms. The lowest BCUT2D eigenvalue weighted by Crippen LogP contribution is -2.39. The average Bonchev–Trinajstić information content (AvgIpc) is 2.31. The Bertz CT molecular complexity index is 382. The topological polar surface area (TPSA) is 38.3 Å². The highest BCUT2D eigenvalue weighted by Crippen LogP contribution is 2.34. The number of aryl methyl sites for hydroxylation is 1. The van der Waals surface area contributed by atoms with Crippen molar-refractivity contribution in [1.29, 1.82) is 0 Å². The van der Waals surface area contributed by atoms with Crippen molar-refractivity contribution in [2.75, 3.05) is 14.2 Å². The molecular formula is C14H21NO2. The van der Waals surface area contributed by atoms with E-state index < -0.39 is 5.41 Å². The molecule has 3 heteroatoms. The van der Waals surface area contributed by atoms with Gasteiger partial charge in [0.1, 0.15) is 0 Å². The lowest BCUT2D eigenvalue weighted by atomic mass is 9.80. The number of esters is 1. The van der Waals surface area contributed by atoms with Gasteiger partial charge in [0.25, 0.3) is 0 Å². The maximum atomic E-state index is 11.8. The summed E-state index contributed by atoms with van der Waals surface area (Å²) in [4.78, 5) is 11.8. The lowest BCUT2D eigenvalue weighted by Gasteiger charge is -2.31. The molecule has 0 aliphatic carbocycles. The predicted octanol–water partition coefficient (Wildman–Crippen LogP) is 2.45. The quantitative estimate of drug-likeness (QED) is 0.815. The van der Waals surface area contributed by atoms with Crippen LogP contribution in [0.3, 0.4) is 0 Å². The van der Waals surface area contributed by atoms with Gasteiger partial charge < -0.3 is 10.1 Å². The van der Waals surface area contributed by atoms with Gasteiger partial charge in [-0.3, -0.25) is 4.79 Å². The van der Waals surface area contributed by atoms with E-state index in [0.29, 0.717) is 0 Å². The van der Waals surface area contributed by atoms with Crippen molar-refractivity contribution >= 4 is 5.97 Å². The molecule has 1 atom stereocenters. The first-order valence-electron chi connectivity index (χ1n) is 5.75.